The average Bonchev–Trinajstić information content (AvgIpc) is 1.86. The molecule has 0 saturated heterocycles. The minimum atomic E-state index is -4.12. The maximum Gasteiger partial charge on any atom is 0.333 e. The van der Waals surface area contributed by atoms with Gasteiger partial charge in [0.15, 0.2) is 11.5 Å². The molecule has 3 aliphatic carbocycles. The number of aliphatic hydroxyl groups is 4. The Kier molecular flexibility index (Phi) is 24.9. The number of aromatic nitrogens is 6. The molecule has 500 valence electrons. The number of benzene rings is 1. The number of anilines is 3. The molecule has 7 aromatic rings. The quantitative estimate of drug-likeness (QED) is 0.0348. The highest BCUT2D eigenvalue weighted by atomic mass is 35.5. The van der Waals surface area contributed by atoms with Gasteiger partial charge in [-0.3, -0.25) is 31.7 Å². The first-order valence-corrected chi connectivity index (χ1v) is 34.6. The molecule has 38 heteroatoms. The summed E-state index contributed by atoms with van der Waals surface area (Å²) in [6.45, 7) is -0.736. The summed E-state index contributed by atoms with van der Waals surface area (Å²) in [6, 6.07) is 14.0. The monoisotopic (exact) mass is 1420 g/mol. The first kappa shape index (κ1) is 72.0. The summed E-state index contributed by atoms with van der Waals surface area (Å²) in [4.78, 5) is 76.5. The number of ketones is 4. The molecule has 0 aliphatic heterocycles. The van der Waals surface area contributed by atoms with Crippen molar-refractivity contribution in [3.63, 3.8) is 0 Å². The van der Waals surface area contributed by atoms with Crippen molar-refractivity contribution in [3.8, 4) is 0 Å². The molecule has 0 radical (unpaired) electrons. The number of nitrogens with one attached hydrogen (secondary N) is 3. The van der Waals surface area contributed by atoms with Crippen LogP contribution in [0.4, 0.5) is 17.5 Å². The molecule has 6 aromatic heterocycles. The van der Waals surface area contributed by atoms with Crippen molar-refractivity contribution in [2.24, 2.45) is 33.2 Å². The Labute approximate surface area is 550 Å². The number of nitrogens with zero attached hydrogens (tertiary/aromatic N) is 6. The van der Waals surface area contributed by atoms with Crippen LogP contribution in [0, 0.1) is 17.8 Å². The number of carbonyl (C=O) groups excluding carboxylic acids is 4. The number of hydrogen-bond acceptors (Lipinski definition) is 30. The molecule has 3 saturated carbocycles. The van der Waals surface area contributed by atoms with Gasteiger partial charge in [0, 0.05) is 72.7 Å². The molecule has 0 bridgehead atoms. The fourth-order valence-electron chi connectivity index (χ4n) is 10.3. The van der Waals surface area contributed by atoms with Crippen LogP contribution in [0.3, 0.4) is 0 Å². The van der Waals surface area contributed by atoms with Crippen molar-refractivity contribution in [3.05, 3.63) is 155 Å². The standard InChI is InChI=1S/C22H21ClN4O6S2.C17H22N4O7S.C16H19ClN4O6S2/c23-21-15(19(29)12-4-2-1-3-5-12)8-18(34-21)20(30)16-9-25-11-26-22(16)27-14-6-13(17(28)7-14)10-33-35(24,31)32;1-26-8-12-2-3-15(28-12)16(23)13-6-19-9-20-17(13)21-11-4-10(14(22)5-11)7-27-29(18,24)25;17-15-8(5-22)2-13(28-15)14(24)11-4-19-7-20-16(11)21-10-1-9(12(23)3-10)6-27-29(18,25)26/h1-5,8-9,11,13-14,17,28H,6-7,10H2,(H2,24,31,32)(H,25,26,27);2-3,6,9-11,14,22H,4-5,7-8H2,1H3,(H2,18,24,25)(H,19,20,21);2,4,7,9-10,12,22-23H,1,3,5-6H2,(H2,18,25,26)(H,19,20,21)/t13-,14-,17+;10-,11-,14+;9-,10-,12+/m111/s1. The average molecular weight is 1430 g/mol. The number of furan rings is 1. The molecule has 9 atom stereocenters. The van der Waals surface area contributed by atoms with Crippen molar-refractivity contribution < 1.29 is 86.6 Å². The van der Waals surface area contributed by atoms with Crippen molar-refractivity contribution in [1.29, 1.82) is 0 Å². The number of thiophene rings is 2. The highest BCUT2D eigenvalue weighted by molar-refractivity contribution is 7.84. The Balaban J connectivity index is 0.000000180. The number of nitrogens with two attached hydrogens (primary N) is 3. The summed E-state index contributed by atoms with van der Waals surface area (Å²) in [7, 11) is -10.8. The first-order valence-electron chi connectivity index (χ1n) is 27.8. The third-order valence-corrected chi connectivity index (χ3v) is 18.9. The summed E-state index contributed by atoms with van der Waals surface area (Å²) in [5.41, 5.74) is 1.75. The minimum absolute atomic E-state index is 0.126. The van der Waals surface area contributed by atoms with E-state index >= 15 is 0 Å². The molecule has 1 aromatic carbocycles. The van der Waals surface area contributed by atoms with Gasteiger partial charge in [0.2, 0.25) is 17.3 Å². The molecular formula is C55H62Cl2N12O19S5. The van der Waals surface area contributed by atoms with Crippen LogP contribution in [0.15, 0.2) is 96.6 Å². The normalized spacial score (nSPS) is 21.2. The van der Waals surface area contributed by atoms with E-state index in [2.05, 4.69) is 58.4 Å². The minimum Gasteiger partial charge on any atom is -0.455 e. The van der Waals surface area contributed by atoms with Gasteiger partial charge in [-0.25, -0.2) is 45.3 Å². The van der Waals surface area contributed by atoms with Gasteiger partial charge in [-0.2, -0.15) is 25.3 Å². The molecule has 13 N–H and O–H groups in total. The smallest absolute Gasteiger partial charge is 0.333 e. The Morgan fingerprint density at radius 3 is 1.38 bits per heavy atom. The van der Waals surface area contributed by atoms with Crippen LogP contribution in [-0.4, -0.2) is 162 Å². The third kappa shape index (κ3) is 20.4. The van der Waals surface area contributed by atoms with E-state index < -0.39 is 78.5 Å². The Morgan fingerprint density at radius 2 is 0.978 bits per heavy atom. The van der Waals surface area contributed by atoms with E-state index in [1.165, 1.54) is 56.8 Å². The topological polar surface area (TPSA) is 493 Å². The summed E-state index contributed by atoms with van der Waals surface area (Å²) in [5, 5.41) is 63.7. The van der Waals surface area contributed by atoms with Gasteiger partial charge in [0.25, 0.3) is 0 Å². The lowest BCUT2D eigenvalue weighted by molar-refractivity contribution is 0.0994. The van der Waals surface area contributed by atoms with E-state index in [1.807, 2.05) is 0 Å². The zero-order valence-electron chi connectivity index (χ0n) is 48.8. The Hall–Kier alpha value is -6.79. The largest absolute Gasteiger partial charge is 0.455 e. The maximum absolute atomic E-state index is 13.3. The van der Waals surface area contributed by atoms with Crippen LogP contribution in [-0.2, 0) is 61.4 Å². The second-order valence-corrected chi connectivity index (χ2v) is 28.3. The number of rotatable bonds is 26. The fourth-order valence-corrected chi connectivity index (χ4v) is 13.8. The predicted octanol–water partition coefficient (Wildman–Crippen LogP) is 3.33. The van der Waals surface area contributed by atoms with E-state index in [0.29, 0.717) is 64.0 Å². The summed E-state index contributed by atoms with van der Waals surface area (Å²) < 4.78 is 90.7. The van der Waals surface area contributed by atoms with Gasteiger partial charge in [-0.15, -0.1) is 22.7 Å². The van der Waals surface area contributed by atoms with Gasteiger partial charge in [-0.1, -0.05) is 53.5 Å². The van der Waals surface area contributed by atoms with Gasteiger partial charge >= 0.3 is 30.9 Å². The van der Waals surface area contributed by atoms with Crippen molar-refractivity contribution in [1.82, 2.24) is 29.9 Å². The molecular weight excluding hydrogens is 1360 g/mol. The number of carbonyl (C=O) groups is 4. The van der Waals surface area contributed by atoms with E-state index in [1.54, 1.807) is 42.5 Å². The SMILES string of the molecule is COCc1ccc(C(=O)c2cncnc2N[C@@H]2C[C@H](COS(N)(=O)=O)[C@@H](O)C2)o1.NS(=O)(=O)OC[C@H]1C[C@@H](Nc2ncncc2C(=O)c2cc(C(=O)c3ccccc3)c(Cl)s2)C[C@@H]1O.NS(=O)(=O)OC[C@H]1C[C@@H](Nc2ncncc2C(=O)c2cc(CO)c(Cl)s2)C[C@@H]1O. The number of halogens is 2. The highest BCUT2D eigenvalue weighted by Gasteiger charge is 2.38. The van der Waals surface area contributed by atoms with Crippen LogP contribution in [0.5, 0.6) is 0 Å². The lowest BCUT2D eigenvalue weighted by Gasteiger charge is -2.15. The number of methoxy groups -OCH3 is 1. The predicted molar refractivity (Wildman–Crippen MR) is 336 cm³/mol. The molecule has 10 rings (SSSR count). The van der Waals surface area contributed by atoms with Crippen LogP contribution < -0.4 is 31.4 Å². The second kappa shape index (κ2) is 32.1. The van der Waals surface area contributed by atoms with Crippen LogP contribution in [0.25, 0.3) is 0 Å². The molecule has 3 aliphatic rings. The zero-order valence-corrected chi connectivity index (χ0v) is 54.4. The Bertz CT molecular complexity index is 4130. The molecule has 0 unspecified atom stereocenters. The van der Waals surface area contributed by atoms with Gasteiger partial charge in [0.05, 0.1) is 81.1 Å². The highest BCUT2D eigenvalue weighted by Crippen LogP contribution is 2.36. The van der Waals surface area contributed by atoms with Crippen LogP contribution >= 0.6 is 45.9 Å². The van der Waals surface area contributed by atoms with Crippen molar-refractivity contribution in [2.75, 3.05) is 42.9 Å². The summed E-state index contributed by atoms with van der Waals surface area (Å²) >= 11 is 14.4. The molecule has 0 spiro atoms. The van der Waals surface area contributed by atoms with Crippen LogP contribution in [0.1, 0.15) is 112 Å². The van der Waals surface area contributed by atoms with Crippen LogP contribution in [0.2, 0.25) is 8.67 Å². The Morgan fingerprint density at radius 1 is 0.570 bits per heavy atom. The van der Waals surface area contributed by atoms with E-state index in [4.69, 9.17) is 47.8 Å². The number of ether oxygens (including phenoxy) is 1. The van der Waals surface area contributed by atoms with Gasteiger partial charge < -0.3 is 45.5 Å². The van der Waals surface area contributed by atoms with Gasteiger partial charge in [-0.05, 0) is 62.8 Å². The molecule has 31 nitrogen and oxygen atoms in total. The third-order valence-electron chi connectivity index (χ3n) is 14.7. The van der Waals surface area contributed by atoms with E-state index in [-0.39, 0.29) is 118 Å². The van der Waals surface area contributed by atoms with Crippen molar-refractivity contribution >= 4 is 117 Å². The van der Waals surface area contributed by atoms with Gasteiger partial charge in [0.1, 0.15) is 53.1 Å². The molecule has 3 fully saturated rings. The van der Waals surface area contributed by atoms with Crippen molar-refractivity contribution in [2.45, 2.75) is 88.2 Å². The molecule has 6 heterocycles. The van der Waals surface area contributed by atoms with E-state index in [9.17, 15) is 64.9 Å². The maximum atomic E-state index is 13.3. The zero-order chi connectivity index (χ0) is 67.4. The lowest BCUT2D eigenvalue weighted by atomic mass is 10.0. The first-order chi connectivity index (χ1) is 44.1. The van der Waals surface area contributed by atoms with E-state index in [0.717, 1.165) is 22.7 Å². The second-order valence-electron chi connectivity index (χ2n) is 21.4. The molecule has 93 heavy (non-hydrogen) atoms. The lowest BCUT2D eigenvalue weighted by Crippen LogP contribution is -2.24. The molecule has 0 amide bonds. The summed E-state index contributed by atoms with van der Waals surface area (Å²) in [5.74, 6) is -1.32. The fraction of sp³-hybridized carbons (Fsp3) is 0.382. The number of hydrogen-bond donors (Lipinski definition) is 10. The summed E-state index contributed by atoms with van der Waals surface area (Å²) in [6.07, 6.45) is 7.68. The number of aliphatic hydroxyl groups excluding tert-OH is 4.